The number of hydrogen-bond acceptors (Lipinski definition) is 3. The fourth-order valence-electron chi connectivity index (χ4n) is 1.68. The molecule has 0 atom stereocenters. The van der Waals surface area contributed by atoms with Crippen LogP contribution in [-0.4, -0.2) is 0 Å². The van der Waals surface area contributed by atoms with Crippen molar-refractivity contribution in [3.8, 4) is 18.2 Å². The van der Waals surface area contributed by atoms with Crippen LogP contribution in [0.5, 0.6) is 0 Å². The van der Waals surface area contributed by atoms with Gasteiger partial charge in [0.1, 0.15) is 12.1 Å². The van der Waals surface area contributed by atoms with E-state index < -0.39 is 0 Å². The van der Waals surface area contributed by atoms with Crippen LogP contribution in [0.1, 0.15) is 16.7 Å². The Morgan fingerprint density at radius 1 is 0.750 bits per heavy atom. The van der Waals surface area contributed by atoms with Crippen LogP contribution < -0.4 is 0 Å². The van der Waals surface area contributed by atoms with Gasteiger partial charge < -0.3 is 0 Å². The van der Waals surface area contributed by atoms with Crippen molar-refractivity contribution in [3.05, 3.63) is 47.0 Å². The van der Waals surface area contributed by atoms with Crippen molar-refractivity contribution in [2.75, 3.05) is 0 Å². The number of nitriles is 3. The third-order valence-corrected chi connectivity index (χ3v) is 2.40. The van der Waals surface area contributed by atoms with Gasteiger partial charge in [-0.15, -0.1) is 0 Å². The van der Waals surface area contributed by atoms with Crippen LogP contribution in [0, 0.1) is 34.0 Å². The van der Waals surface area contributed by atoms with Gasteiger partial charge >= 0.3 is 0 Å². The maximum atomic E-state index is 9.03. The molecule has 0 aromatic heterocycles. The summed E-state index contributed by atoms with van der Waals surface area (Å²) in [5.74, 6) is 0. The summed E-state index contributed by atoms with van der Waals surface area (Å²) in [7, 11) is 0. The summed E-state index contributed by atoms with van der Waals surface area (Å²) >= 11 is 0. The fraction of sp³-hybridized carbons (Fsp3) is 0. The third kappa shape index (κ3) is 1.27. The van der Waals surface area contributed by atoms with Crippen LogP contribution in [0.3, 0.4) is 0 Å². The van der Waals surface area contributed by atoms with Gasteiger partial charge in [-0.05, 0) is 6.07 Å². The lowest BCUT2D eigenvalue weighted by Crippen LogP contribution is -1.90. The summed E-state index contributed by atoms with van der Waals surface area (Å²) in [5.41, 5.74) is 1.00. The molecule has 72 valence electrons. The molecule has 0 heterocycles. The monoisotopic (exact) mass is 203 g/mol. The number of fused-ring (bicyclic) bond motifs is 1. The molecule has 0 aliphatic heterocycles. The standard InChI is InChI=1S/C13H5N3/c14-6-9-5-10(7-15)13(8-16)12-4-2-1-3-11(9)12/h1-5H. The van der Waals surface area contributed by atoms with Crippen LogP contribution >= 0.6 is 0 Å². The molecule has 2 aromatic carbocycles. The molecule has 0 N–H and O–H groups in total. The largest absolute Gasteiger partial charge is 0.192 e. The Labute approximate surface area is 92.4 Å². The molecule has 0 amide bonds. The minimum atomic E-state index is 0.248. The fourth-order valence-corrected chi connectivity index (χ4v) is 1.68. The highest BCUT2D eigenvalue weighted by atomic mass is 14.3. The van der Waals surface area contributed by atoms with Crippen molar-refractivity contribution >= 4 is 10.8 Å². The molecule has 2 aromatic rings. The van der Waals surface area contributed by atoms with Gasteiger partial charge in [0.15, 0.2) is 0 Å². The zero-order valence-electron chi connectivity index (χ0n) is 8.23. The SMILES string of the molecule is N#Cc1cc(C#N)c2ccccc2c1C#N. The first-order valence-electron chi connectivity index (χ1n) is 4.58. The van der Waals surface area contributed by atoms with E-state index in [0.29, 0.717) is 21.9 Å². The Hall–Kier alpha value is -2.83. The molecule has 0 bridgehead atoms. The predicted octanol–water partition coefficient (Wildman–Crippen LogP) is 2.45. The van der Waals surface area contributed by atoms with E-state index in [1.165, 1.54) is 6.07 Å². The molecule has 0 radical (unpaired) electrons. The van der Waals surface area contributed by atoms with E-state index >= 15 is 0 Å². The lowest BCUT2D eigenvalue weighted by molar-refractivity contribution is 1.43. The maximum absolute atomic E-state index is 9.03. The third-order valence-electron chi connectivity index (χ3n) is 2.40. The molecule has 2 rings (SSSR count). The van der Waals surface area contributed by atoms with Crippen molar-refractivity contribution in [2.45, 2.75) is 0 Å². The molecule has 0 aliphatic carbocycles. The Morgan fingerprint density at radius 3 is 1.94 bits per heavy atom. The van der Waals surface area contributed by atoms with Crippen LogP contribution in [0.4, 0.5) is 0 Å². The zero-order valence-corrected chi connectivity index (χ0v) is 8.23. The lowest BCUT2D eigenvalue weighted by Gasteiger charge is -2.03. The Bertz CT molecular complexity index is 694. The van der Waals surface area contributed by atoms with E-state index in [4.69, 9.17) is 15.8 Å². The van der Waals surface area contributed by atoms with Gasteiger partial charge in [-0.2, -0.15) is 15.8 Å². The first-order valence-corrected chi connectivity index (χ1v) is 4.58. The summed E-state index contributed by atoms with van der Waals surface area (Å²) < 4.78 is 0. The molecule has 0 saturated heterocycles. The Morgan fingerprint density at radius 2 is 1.38 bits per heavy atom. The normalized spacial score (nSPS) is 9.06. The van der Waals surface area contributed by atoms with Gasteiger partial charge in [0.2, 0.25) is 0 Å². The summed E-state index contributed by atoms with van der Waals surface area (Å²) in [6.07, 6.45) is 0. The number of nitrogens with zero attached hydrogens (tertiary/aromatic N) is 3. The van der Waals surface area contributed by atoms with Gasteiger partial charge in [-0.3, -0.25) is 0 Å². The van der Waals surface area contributed by atoms with E-state index in [2.05, 4.69) is 0 Å². The predicted molar refractivity (Wildman–Crippen MR) is 58.1 cm³/mol. The lowest BCUT2D eigenvalue weighted by atomic mass is 9.96. The van der Waals surface area contributed by atoms with Gasteiger partial charge in [0.25, 0.3) is 0 Å². The van der Waals surface area contributed by atoms with Gasteiger partial charge in [0, 0.05) is 10.8 Å². The summed E-state index contributed by atoms with van der Waals surface area (Å²) in [4.78, 5) is 0. The molecule has 0 saturated carbocycles. The highest BCUT2D eigenvalue weighted by Crippen LogP contribution is 2.25. The van der Waals surface area contributed by atoms with E-state index in [1.54, 1.807) is 24.3 Å². The maximum Gasteiger partial charge on any atom is 0.101 e. The van der Waals surface area contributed by atoms with Crippen LogP contribution in [0.25, 0.3) is 10.8 Å². The van der Waals surface area contributed by atoms with E-state index in [0.717, 1.165) is 0 Å². The minimum Gasteiger partial charge on any atom is -0.192 e. The van der Waals surface area contributed by atoms with Crippen LogP contribution in [0.15, 0.2) is 30.3 Å². The van der Waals surface area contributed by atoms with Crippen molar-refractivity contribution in [2.24, 2.45) is 0 Å². The Kier molecular flexibility index (Phi) is 2.27. The molecule has 0 spiro atoms. The highest BCUT2D eigenvalue weighted by molar-refractivity contribution is 5.94. The zero-order chi connectivity index (χ0) is 11.5. The van der Waals surface area contributed by atoms with Crippen molar-refractivity contribution in [1.82, 2.24) is 0 Å². The smallest absolute Gasteiger partial charge is 0.101 e. The molecule has 0 fully saturated rings. The minimum absolute atomic E-state index is 0.248. The Balaban J connectivity index is 3.05. The highest BCUT2D eigenvalue weighted by Gasteiger charge is 2.10. The summed E-state index contributed by atoms with van der Waals surface area (Å²) in [6, 6.07) is 14.5. The molecular formula is C13H5N3. The van der Waals surface area contributed by atoms with Crippen molar-refractivity contribution in [1.29, 1.82) is 15.8 Å². The first kappa shape index (κ1) is 9.71. The first-order chi connectivity index (χ1) is 7.81. The molecule has 0 unspecified atom stereocenters. The molecule has 0 aliphatic rings. The van der Waals surface area contributed by atoms with Crippen molar-refractivity contribution in [3.63, 3.8) is 0 Å². The second-order valence-electron chi connectivity index (χ2n) is 3.23. The van der Waals surface area contributed by atoms with E-state index in [1.807, 2.05) is 18.2 Å². The summed E-state index contributed by atoms with van der Waals surface area (Å²) in [5, 5.41) is 28.3. The quantitative estimate of drug-likeness (QED) is 0.660. The van der Waals surface area contributed by atoms with E-state index in [-0.39, 0.29) is 5.56 Å². The van der Waals surface area contributed by atoms with Crippen molar-refractivity contribution < 1.29 is 0 Å². The topological polar surface area (TPSA) is 71.4 Å². The average molecular weight is 203 g/mol. The molecular weight excluding hydrogens is 198 g/mol. The van der Waals surface area contributed by atoms with Gasteiger partial charge in [-0.1, -0.05) is 24.3 Å². The molecule has 3 heteroatoms. The average Bonchev–Trinajstić information content (AvgIpc) is 2.36. The number of benzene rings is 2. The van der Waals surface area contributed by atoms with E-state index in [9.17, 15) is 0 Å². The van der Waals surface area contributed by atoms with Gasteiger partial charge in [-0.25, -0.2) is 0 Å². The number of rotatable bonds is 0. The molecule has 16 heavy (non-hydrogen) atoms. The molecule has 3 nitrogen and oxygen atoms in total. The van der Waals surface area contributed by atoms with Crippen LogP contribution in [-0.2, 0) is 0 Å². The second kappa shape index (κ2) is 3.73. The van der Waals surface area contributed by atoms with Crippen LogP contribution in [0.2, 0.25) is 0 Å². The number of hydrogen-bond donors (Lipinski definition) is 0. The summed E-state index contributed by atoms with van der Waals surface area (Å²) in [6.45, 7) is 0. The van der Waals surface area contributed by atoms with Gasteiger partial charge in [0.05, 0.1) is 22.8 Å². The second-order valence-corrected chi connectivity index (χ2v) is 3.23.